The minimum absolute atomic E-state index is 0. The van der Waals surface area contributed by atoms with Crippen LogP contribution in [0.15, 0.2) is 24.3 Å². The summed E-state index contributed by atoms with van der Waals surface area (Å²) in [4.78, 5) is 21.5. The number of carboxylic acid groups (broad SMARTS) is 1. The molecule has 0 saturated carbocycles. The molecule has 20 heavy (non-hydrogen) atoms. The highest BCUT2D eigenvalue weighted by atomic mass is 32.2. The molecular weight excluding hydrogens is 293 g/mol. The van der Waals surface area contributed by atoms with E-state index in [2.05, 4.69) is 5.32 Å². The van der Waals surface area contributed by atoms with Crippen molar-refractivity contribution in [1.29, 1.82) is 0 Å². The highest BCUT2D eigenvalue weighted by Crippen LogP contribution is 2.46. The Balaban J connectivity index is 0.00000200. The SMILES string of the molecule is CC1(C)SC(c2cccc([N+](=O)[O-])c2)N[C@H]1C(=O)O.[Mg]. The summed E-state index contributed by atoms with van der Waals surface area (Å²) in [7, 11) is 0. The van der Waals surface area contributed by atoms with Gasteiger partial charge in [-0.2, -0.15) is 0 Å². The van der Waals surface area contributed by atoms with Crippen molar-refractivity contribution in [1.82, 2.24) is 5.32 Å². The third-order valence-electron chi connectivity index (χ3n) is 3.07. The predicted molar refractivity (Wildman–Crippen MR) is 77.8 cm³/mol. The number of nitro benzene ring substituents is 1. The van der Waals surface area contributed by atoms with E-state index in [0.717, 1.165) is 5.56 Å². The van der Waals surface area contributed by atoms with Crippen LogP contribution in [0.25, 0.3) is 0 Å². The van der Waals surface area contributed by atoms with Crippen LogP contribution in [-0.2, 0) is 4.79 Å². The summed E-state index contributed by atoms with van der Waals surface area (Å²) in [5.74, 6) is -0.912. The van der Waals surface area contributed by atoms with E-state index in [-0.39, 0.29) is 34.1 Å². The Labute approximate surface area is 136 Å². The number of hydrogen-bond acceptors (Lipinski definition) is 5. The summed E-state index contributed by atoms with van der Waals surface area (Å²) in [5.41, 5.74) is 0.729. The third-order valence-corrected chi connectivity index (χ3v) is 4.55. The van der Waals surface area contributed by atoms with Gasteiger partial charge < -0.3 is 5.11 Å². The first-order chi connectivity index (χ1) is 8.81. The fourth-order valence-electron chi connectivity index (χ4n) is 2.09. The molecule has 2 N–H and O–H groups in total. The van der Waals surface area contributed by atoms with Gasteiger partial charge in [0, 0.05) is 39.9 Å². The predicted octanol–water partition coefficient (Wildman–Crippen LogP) is 1.78. The van der Waals surface area contributed by atoms with Crippen molar-refractivity contribution in [2.75, 3.05) is 0 Å². The van der Waals surface area contributed by atoms with Crippen LogP contribution in [0.2, 0.25) is 0 Å². The van der Waals surface area contributed by atoms with Crippen LogP contribution in [0.5, 0.6) is 0 Å². The molecule has 0 aromatic heterocycles. The van der Waals surface area contributed by atoms with Crippen molar-refractivity contribution in [3.8, 4) is 0 Å². The molecule has 104 valence electrons. The van der Waals surface area contributed by atoms with E-state index in [1.165, 1.54) is 23.9 Å². The van der Waals surface area contributed by atoms with Crippen molar-refractivity contribution in [2.24, 2.45) is 0 Å². The van der Waals surface area contributed by atoms with Crippen LogP contribution >= 0.6 is 11.8 Å². The Kier molecular flexibility index (Phi) is 5.42. The average Bonchev–Trinajstić information content (AvgIpc) is 2.65. The van der Waals surface area contributed by atoms with E-state index in [4.69, 9.17) is 0 Å². The lowest BCUT2D eigenvalue weighted by atomic mass is 10.0. The second-order valence-electron chi connectivity index (χ2n) is 4.89. The molecule has 1 saturated heterocycles. The summed E-state index contributed by atoms with van der Waals surface area (Å²) in [6.07, 6.45) is 0. The second-order valence-corrected chi connectivity index (χ2v) is 6.65. The van der Waals surface area contributed by atoms with Gasteiger partial charge in [-0.05, 0) is 19.4 Å². The van der Waals surface area contributed by atoms with E-state index in [0.29, 0.717) is 0 Å². The quantitative estimate of drug-likeness (QED) is 0.502. The van der Waals surface area contributed by atoms with E-state index in [9.17, 15) is 20.0 Å². The fraction of sp³-hybridized carbons (Fsp3) is 0.417. The molecule has 1 aliphatic rings. The lowest BCUT2D eigenvalue weighted by Crippen LogP contribution is -2.43. The number of carboxylic acids is 1. The monoisotopic (exact) mass is 306 g/mol. The van der Waals surface area contributed by atoms with Gasteiger partial charge in [0.25, 0.3) is 5.69 Å². The Bertz CT molecular complexity index is 538. The maximum absolute atomic E-state index is 11.2. The second kappa shape index (κ2) is 6.29. The number of rotatable bonds is 3. The van der Waals surface area contributed by atoms with Crippen LogP contribution in [0.1, 0.15) is 24.8 Å². The van der Waals surface area contributed by atoms with E-state index in [1.807, 2.05) is 13.8 Å². The van der Waals surface area contributed by atoms with Gasteiger partial charge in [0.2, 0.25) is 0 Å². The van der Waals surface area contributed by atoms with Crippen molar-refractivity contribution in [3.63, 3.8) is 0 Å². The largest absolute Gasteiger partial charge is 0.480 e. The molecule has 0 aliphatic carbocycles. The fourth-order valence-corrected chi connectivity index (χ4v) is 3.49. The summed E-state index contributed by atoms with van der Waals surface area (Å²) in [6.45, 7) is 3.70. The first-order valence-electron chi connectivity index (χ1n) is 5.72. The zero-order chi connectivity index (χ0) is 14.2. The van der Waals surface area contributed by atoms with Gasteiger partial charge in [-0.1, -0.05) is 12.1 Å². The number of carbonyl (C=O) groups is 1. The van der Waals surface area contributed by atoms with Crippen LogP contribution in [-0.4, -0.2) is 49.8 Å². The first-order valence-corrected chi connectivity index (χ1v) is 6.60. The molecular formula is C12H14MgN2O4S. The molecule has 0 amide bonds. The minimum atomic E-state index is -0.912. The lowest BCUT2D eigenvalue weighted by Gasteiger charge is -2.20. The number of hydrogen-bond donors (Lipinski definition) is 2. The Morgan fingerprint density at radius 1 is 1.50 bits per heavy atom. The van der Waals surface area contributed by atoms with Crippen molar-refractivity contribution in [2.45, 2.75) is 30.0 Å². The first kappa shape index (κ1) is 17.2. The molecule has 2 rings (SSSR count). The van der Waals surface area contributed by atoms with E-state index in [1.54, 1.807) is 12.1 Å². The maximum atomic E-state index is 11.2. The molecule has 0 bridgehead atoms. The maximum Gasteiger partial charge on any atom is 0.322 e. The summed E-state index contributed by atoms with van der Waals surface area (Å²) >= 11 is 1.46. The molecule has 1 heterocycles. The zero-order valence-electron chi connectivity index (χ0n) is 11.2. The topological polar surface area (TPSA) is 92.5 Å². The number of nitrogens with zero attached hydrogens (tertiary/aromatic N) is 1. The standard InChI is InChI=1S/C12H14N2O4S.Mg/c1-12(2)9(11(15)16)13-10(19-12)7-4-3-5-8(6-7)14(17)18;/h3-6,9-10,13H,1-2H3,(H,15,16);/t9-,10?;/m0./s1. The Morgan fingerprint density at radius 3 is 2.65 bits per heavy atom. The van der Waals surface area contributed by atoms with Gasteiger partial charge in [-0.3, -0.25) is 20.2 Å². The van der Waals surface area contributed by atoms with Crippen molar-refractivity contribution < 1.29 is 14.8 Å². The van der Waals surface area contributed by atoms with Gasteiger partial charge in [0.1, 0.15) is 6.04 Å². The zero-order valence-corrected chi connectivity index (χ0v) is 13.4. The molecule has 1 unspecified atom stereocenters. The van der Waals surface area contributed by atoms with Gasteiger partial charge in [-0.25, -0.2) is 0 Å². The van der Waals surface area contributed by atoms with Crippen molar-refractivity contribution in [3.05, 3.63) is 39.9 Å². The number of nitrogens with one attached hydrogen (secondary N) is 1. The van der Waals surface area contributed by atoms with Crippen molar-refractivity contribution >= 4 is 46.5 Å². The number of thioether (sulfide) groups is 1. The minimum Gasteiger partial charge on any atom is -0.480 e. The Morgan fingerprint density at radius 2 is 2.15 bits per heavy atom. The molecule has 6 nitrogen and oxygen atoms in total. The molecule has 1 aromatic rings. The van der Waals surface area contributed by atoms with Gasteiger partial charge in [0.05, 0.1) is 10.3 Å². The molecule has 1 fully saturated rings. The number of aliphatic carboxylic acids is 1. The summed E-state index contributed by atoms with van der Waals surface area (Å²) < 4.78 is -0.471. The highest BCUT2D eigenvalue weighted by molar-refractivity contribution is 8.01. The molecule has 0 spiro atoms. The lowest BCUT2D eigenvalue weighted by molar-refractivity contribution is -0.384. The average molecular weight is 307 g/mol. The van der Waals surface area contributed by atoms with Crippen LogP contribution in [0.4, 0.5) is 5.69 Å². The van der Waals surface area contributed by atoms with Crippen LogP contribution < -0.4 is 5.32 Å². The molecule has 2 radical (unpaired) electrons. The van der Waals surface area contributed by atoms with Crippen LogP contribution in [0, 0.1) is 10.1 Å². The number of nitro groups is 1. The van der Waals surface area contributed by atoms with E-state index < -0.39 is 21.7 Å². The molecule has 1 aliphatic heterocycles. The third kappa shape index (κ3) is 3.43. The molecule has 1 aromatic carbocycles. The normalized spacial score (nSPS) is 23.9. The number of non-ortho nitro benzene ring substituents is 1. The summed E-state index contributed by atoms with van der Waals surface area (Å²) in [6, 6.07) is 5.59. The highest BCUT2D eigenvalue weighted by Gasteiger charge is 2.45. The van der Waals surface area contributed by atoms with Gasteiger partial charge in [0.15, 0.2) is 0 Å². The smallest absolute Gasteiger partial charge is 0.322 e. The number of benzene rings is 1. The molecule has 2 atom stereocenters. The van der Waals surface area contributed by atoms with Crippen LogP contribution in [0.3, 0.4) is 0 Å². The molecule has 8 heteroatoms. The summed E-state index contributed by atoms with van der Waals surface area (Å²) in [5, 5.41) is 22.7. The Hall–Kier alpha value is -0.834. The van der Waals surface area contributed by atoms with Gasteiger partial charge in [-0.15, -0.1) is 11.8 Å². The van der Waals surface area contributed by atoms with Gasteiger partial charge >= 0.3 is 5.97 Å². The van der Waals surface area contributed by atoms with E-state index >= 15 is 0 Å².